The molecule has 22 heavy (non-hydrogen) atoms. The molecule has 0 aromatic carbocycles. The van der Waals surface area contributed by atoms with Crippen LogP contribution in [0.3, 0.4) is 0 Å². The number of nitrogens with one attached hydrogen (secondary N) is 3. The van der Waals surface area contributed by atoms with E-state index in [1.807, 2.05) is 20.8 Å². The lowest BCUT2D eigenvalue weighted by atomic mass is 9.93. The van der Waals surface area contributed by atoms with Crippen molar-refractivity contribution in [2.24, 2.45) is 10.4 Å². The molecule has 6 nitrogen and oxygen atoms in total. The van der Waals surface area contributed by atoms with E-state index in [0.717, 1.165) is 38.5 Å². The van der Waals surface area contributed by atoms with Crippen LogP contribution in [-0.4, -0.2) is 50.8 Å². The molecule has 1 fully saturated rings. The topological polar surface area (TPSA) is 74.8 Å². The van der Waals surface area contributed by atoms with Gasteiger partial charge in [-0.15, -0.1) is 24.0 Å². The van der Waals surface area contributed by atoms with Crippen molar-refractivity contribution in [3.8, 4) is 0 Å². The third-order valence-corrected chi connectivity index (χ3v) is 3.75. The van der Waals surface area contributed by atoms with Crippen LogP contribution >= 0.6 is 24.0 Å². The van der Waals surface area contributed by atoms with E-state index in [0.29, 0.717) is 6.54 Å². The first-order valence-corrected chi connectivity index (χ1v) is 7.71. The van der Waals surface area contributed by atoms with Crippen molar-refractivity contribution in [1.29, 1.82) is 0 Å². The number of rotatable bonds is 6. The summed E-state index contributed by atoms with van der Waals surface area (Å²) >= 11 is 0. The van der Waals surface area contributed by atoms with E-state index < -0.39 is 5.41 Å². The Labute approximate surface area is 151 Å². The minimum absolute atomic E-state index is 0. The summed E-state index contributed by atoms with van der Waals surface area (Å²) in [6.07, 6.45) is 2.17. The van der Waals surface area contributed by atoms with E-state index in [9.17, 15) is 4.79 Å². The molecule has 1 saturated heterocycles. The highest BCUT2D eigenvalue weighted by Crippen LogP contribution is 2.23. The molecule has 0 saturated carbocycles. The molecule has 130 valence electrons. The zero-order chi connectivity index (χ0) is 15.9. The lowest BCUT2D eigenvalue weighted by molar-refractivity contribution is -0.128. The number of halogens is 1. The zero-order valence-electron chi connectivity index (χ0n) is 14.4. The second kappa shape index (κ2) is 9.54. The highest BCUT2D eigenvalue weighted by molar-refractivity contribution is 14.0. The molecule has 0 aliphatic carbocycles. The SMILES string of the molecule is CCNC(=NCC(C)(C)C(=O)NC)NCC1(C)CCCO1.I. The molecule has 0 radical (unpaired) electrons. The third-order valence-electron chi connectivity index (χ3n) is 3.75. The Hall–Kier alpha value is -0.570. The van der Waals surface area contributed by atoms with Crippen LogP contribution in [0.25, 0.3) is 0 Å². The van der Waals surface area contributed by atoms with Crippen molar-refractivity contribution in [3.63, 3.8) is 0 Å². The average Bonchev–Trinajstić information content (AvgIpc) is 2.88. The first kappa shape index (κ1) is 21.4. The molecule has 1 atom stereocenters. The smallest absolute Gasteiger partial charge is 0.227 e. The summed E-state index contributed by atoms with van der Waals surface area (Å²) in [4.78, 5) is 16.3. The summed E-state index contributed by atoms with van der Waals surface area (Å²) in [6, 6.07) is 0. The van der Waals surface area contributed by atoms with E-state index in [1.54, 1.807) is 7.05 Å². The Morgan fingerprint density at radius 1 is 1.36 bits per heavy atom. The number of carbonyl (C=O) groups excluding carboxylic acids is 1. The number of hydrogen-bond donors (Lipinski definition) is 3. The number of hydrogen-bond acceptors (Lipinski definition) is 3. The van der Waals surface area contributed by atoms with Crippen molar-refractivity contribution in [2.75, 3.05) is 33.3 Å². The molecule has 0 aromatic heterocycles. The van der Waals surface area contributed by atoms with E-state index in [2.05, 4.69) is 27.9 Å². The average molecular weight is 426 g/mol. The van der Waals surface area contributed by atoms with Gasteiger partial charge in [-0.3, -0.25) is 9.79 Å². The first-order valence-electron chi connectivity index (χ1n) is 7.71. The quantitative estimate of drug-likeness (QED) is 0.342. The fourth-order valence-corrected chi connectivity index (χ4v) is 2.28. The molecule has 7 heteroatoms. The molecule has 1 aliphatic heterocycles. The highest BCUT2D eigenvalue weighted by Gasteiger charge is 2.30. The standard InChI is InChI=1S/C15H30N4O2.HI/c1-6-17-13(18-10-14(2,3)12(20)16-5)19-11-15(4)8-7-9-21-15;/h6-11H2,1-5H3,(H,16,20)(H2,17,18,19);1H. The molecular weight excluding hydrogens is 395 g/mol. The summed E-state index contributed by atoms with van der Waals surface area (Å²) in [5.74, 6) is 0.722. The number of amides is 1. The van der Waals surface area contributed by atoms with Gasteiger partial charge in [0.05, 0.1) is 17.6 Å². The monoisotopic (exact) mass is 426 g/mol. The normalized spacial score (nSPS) is 22.0. The lowest BCUT2D eigenvalue weighted by Gasteiger charge is -2.25. The van der Waals surface area contributed by atoms with Crippen LogP contribution in [0, 0.1) is 5.41 Å². The maximum atomic E-state index is 11.8. The maximum absolute atomic E-state index is 11.8. The molecule has 1 amide bonds. The van der Waals surface area contributed by atoms with E-state index in [-0.39, 0.29) is 35.5 Å². The Morgan fingerprint density at radius 2 is 2.05 bits per heavy atom. The van der Waals surface area contributed by atoms with Crippen molar-refractivity contribution < 1.29 is 9.53 Å². The van der Waals surface area contributed by atoms with Gasteiger partial charge < -0.3 is 20.7 Å². The number of carbonyl (C=O) groups is 1. The second-order valence-corrected chi connectivity index (χ2v) is 6.41. The summed E-state index contributed by atoms with van der Waals surface area (Å²) in [7, 11) is 1.65. The van der Waals surface area contributed by atoms with Crippen LogP contribution in [0.1, 0.15) is 40.5 Å². The van der Waals surface area contributed by atoms with Crippen molar-refractivity contribution >= 4 is 35.8 Å². The van der Waals surface area contributed by atoms with E-state index >= 15 is 0 Å². The fourth-order valence-electron chi connectivity index (χ4n) is 2.28. The third kappa shape index (κ3) is 6.68. The summed E-state index contributed by atoms with van der Waals surface area (Å²) < 4.78 is 5.76. The zero-order valence-corrected chi connectivity index (χ0v) is 16.7. The molecule has 1 heterocycles. The van der Waals surface area contributed by atoms with Crippen LogP contribution in [0.5, 0.6) is 0 Å². The van der Waals surface area contributed by atoms with Crippen LogP contribution in [-0.2, 0) is 9.53 Å². The summed E-state index contributed by atoms with van der Waals surface area (Å²) in [6.45, 7) is 10.7. The van der Waals surface area contributed by atoms with Gasteiger partial charge in [0.1, 0.15) is 0 Å². The summed E-state index contributed by atoms with van der Waals surface area (Å²) in [5, 5.41) is 9.19. The molecule has 1 rings (SSSR count). The minimum atomic E-state index is -0.523. The minimum Gasteiger partial charge on any atom is -0.373 e. The molecule has 1 aliphatic rings. The molecule has 0 bridgehead atoms. The van der Waals surface area contributed by atoms with E-state index in [1.165, 1.54) is 0 Å². The molecule has 0 spiro atoms. The maximum Gasteiger partial charge on any atom is 0.227 e. The van der Waals surface area contributed by atoms with Crippen LogP contribution in [0.4, 0.5) is 0 Å². The number of aliphatic imine (C=N–C) groups is 1. The van der Waals surface area contributed by atoms with Gasteiger partial charge in [0, 0.05) is 26.7 Å². The van der Waals surface area contributed by atoms with Crippen molar-refractivity contribution in [1.82, 2.24) is 16.0 Å². The molecule has 1 unspecified atom stereocenters. The van der Waals surface area contributed by atoms with E-state index in [4.69, 9.17) is 4.74 Å². The van der Waals surface area contributed by atoms with Crippen molar-refractivity contribution in [3.05, 3.63) is 0 Å². The number of guanidine groups is 1. The van der Waals surface area contributed by atoms with Gasteiger partial charge in [-0.2, -0.15) is 0 Å². The lowest BCUT2D eigenvalue weighted by Crippen LogP contribution is -2.46. The Kier molecular flexibility index (Phi) is 9.30. The van der Waals surface area contributed by atoms with Gasteiger partial charge in [-0.25, -0.2) is 0 Å². The Bertz CT molecular complexity index is 380. The first-order chi connectivity index (χ1) is 9.83. The van der Waals surface area contributed by atoms with Gasteiger partial charge >= 0.3 is 0 Å². The predicted molar refractivity (Wildman–Crippen MR) is 101 cm³/mol. The summed E-state index contributed by atoms with van der Waals surface area (Å²) in [5.41, 5.74) is -0.642. The molecule has 3 N–H and O–H groups in total. The number of nitrogens with zero attached hydrogens (tertiary/aromatic N) is 1. The van der Waals surface area contributed by atoms with Gasteiger partial charge in [0.15, 0.2) is 5.96 Å². The van der Waals surface area contributed by atoms with Gasteiger partial charge in [-0.05, 0) is 40.5 Å². The van der Waals surface area contributed by atoms with Crippen LogP contribution < -0.4 is 16.0 Å². The van der Waals surface area contributed by atoms with Crippen LogP contribution in [0.15, 0.2) is 4.99 Å². The molecule has 0 aromatic rings. The largest absolute Gasteiger partial charge is 0.373 e. The van der Waals surface area contributed by atoms with Gasteiger partial charge in [0.25, 0.3) is 0 Å². The van der Waals surface area contributed by atoms with Gasteiger partial charge in [-0.1, -0.05) is 0 Å². The Morgan fingerprint density at radius 3 is 2.55 bits per heavy atom. The van der Waals surface area contributed by atoms with Crippen molar-refractivity contribution in [2.45, 2.75) is 46.1 Å². The number of ether oxygens (including phenoxy) is 1. The van der Waals surface area contributed by atoms with Gasteiger partial charge in [0.2, 0.25) is 5.91 Å². The highest BCUT2D eigenvalue weighted by atomic mass is 127. The fraction of sp³-hybridized carbons (Fsp3) is 0.867. The van der Waals surface area contributed by atoms with Crippen LogP contribution in [0.2, 0.25) is 0 Å². The second-order valence-electron chi connectivity index (χ2n) is 6.41. The Balaban J connectivity index is 0.00000441. The predicted octanol–water partition coefficient (Wildman–Crippen LogP) is 1.50. The molecular formula is C15H31IN4O2.